The Bertz CT molecular complexity index is 358. The number of benzene rings is 1. The lowest BCUT2D eigenvalue weighted by Gasteiger charge is -2.24. The lowest BCUT2D eigenvalue weighted by atomic mass is 10.1. The lowest BCUT2D eigenvalue weighted by molar-refractivity contribution is 0.389. The molecule has 1 radical (unpaired) electrons. The molecule has 85 valence electrons. The van der Waals surface area contributed by atoms with E-state index in [0.717, 1.165) is 31.9 Å². The molecule has 0 aromatic heterocycles. The van der Waals surface area contributed by atoms with E-state index < -0.39 is 0 Å². The average Bonchev–Trinajstić information content (AvgIpc) is 3.12. The predicted octanol–water partition coefficient (Wildman–Crippen LogP) is 1.47. The second kappa shape index (κ2) is 4.07. The molecular formula is C13H16NO2. The molecule has 0 aliphatic carbocycles. The van der Waals surface area contributed by atoms with E-state index in [1.165, 1.54) is 5.69 Å². The van der Waals surface area contributed by atoms with Gasteiger partial charge in [0.15, 0.2) is 0 Å². The summed E-state index contributed by atoms with van der Waals surface area (Å²) >= 11 is 0. The first-order valence-corrected chi connectivity index (χ1v) is 5.72. The van der Waals surface area contributed by atoms with Crippen LogP contribution in [0.5, 0.6) is 0 Å². The first-order valence-electron chi connectivity index (χ1n) is 5.72. The molecule has 2 saturated heterocycles. The smallest absolute Gasteiger partial charge is 0.0984 e. The molecule has 2 unspecified atom stereocenters. The number of nitrogens with zero attached hydrogens (tertiary/aromatic N) is 1. The Labute approximate surface area is 96.0 Å². The summed E-state index contributed by atoms with van der Waals surface area (Å²) in [4.78, 5) is 2.33. The van der Waals surface area contributed by atoms with Crippen molar-refractivity contribution in [1.82, 2.24) is 0 Å². The van der Waals surface area contributed by atoms with Crippen LogP contribution in [0.1, 0.15) is 5.56 Å². The normalized spacial score (nSPS) is 26.6. The zero-order valence-corrected chi connectivity index (χ0v) is 9.26. The Morgan fingerprint density at radius 2 is 1.69 bits per heavy atom. The van der Waals surface area contributed by atoms with E-state index in [-0.39, 0.29) is 0 Å². The van der Waals surface area contributed by atoms with Crippen LogP contribution in [-0.4, -0.2) is 38.5 Å². The number of para-hydroxylation sites is 1. The van der Waals surface area contributed by atoms with Gasteiger partial charge in [0.2, 0.25) is 0 Å². The van der Waals surface area contributed by atoms with E-state index in [0.29, 0.717) is 12.2 Å². The number of epoxide rings is 2. The van der Waals surface area contributed by atoms with Gasteiger partial charge in [0.1, 0.15) is 0 Å². The van der Waals surface area contributed by atoms with Crippen LogP contribution in [0, 0.1) is 6.92 Å². The molecule has 2 aliphatic rings. The Morgan fingerprint density at radius 1 is 1.12 bits per heavy atom. The summed E-state index contributed by atoms with van der Waals surface area (Å²) in [5.74, 6) is 0. The second-order valence-electron chi connectivity index (χ2n) is 4.44. The summed E-state index contributed by atoms with van der Waals surface area (Å²) < 4.78 is 10.6. The van der Waals surface area contributed by atoms with E-state index in [1.54, 1.807) is 0 Å². The van der Waals surface area contributed by atoms with Gasteiger partial charge in [-0.3, -0.25) is 0 Å². The largest absolute Gasteiger partial charge is 0.371 e. The molecular weight excluding hydrogens is 202 g/mol. The van der Waals surface area contributed by atoms with Gasteiger partial charge in [0.05, 0.1) is 25.4 Å². The average molecular weight is 218 g/mol. The first kappa shape index (κ1) is 10.1. The number of hydrogen-bond acceptors (Lipinski definition) is 3. The Hall–Kier alpha value is -1.06. The fourth-order valence-electron chi connectivity index (χ4n) is 1.93. The highest BCUT2D eigenvalue weighted by Crippen LogP contribution is 2.24. The Kier molecular flexibility index (Phi) is 2.58. The molecule has 16 heavy (non-hydrogen) atoms. The van der Waals surface area contributed by atoms with Gasteiger partial charge in [0.25, 0.3) is 0 Å². The number of anilines is 1. The molecule has 1 aromatic carbocycles. The maximum atomic E-state index is 5.30. The topological polar surface area (TPSA) is 28.3 Å². The third-order valence-electron chi connectivity index (χ3n) is 2.99. The molecule has 1 aromatic rings. The quantitative estimate of drug-likeness (QED) is 0.701. The zero-order valence-electron chi connectivity index (χ0n) is 9.26. The number of hydrogen-bond donors (Lipinski definition) is 0. The van der Waals surface area contributed by atoms with Crippen molar-refractivity contribution in [2.75, 3.05) is 31.2 Å². The van der Waals surface area contributed by atoms with Crippen LogP contribution >= 0.6 is 0 Å². The summed E-state index contributed by atoms with van der Waals surface area (Å²) in [7, 11) is 0. The van der Waals surface area contributed by atoms with Crippen molar-refractivity contribution < 1.29 is 9.47 Å². The van der Waals surface area contributed by atoms with Crippen molar-refractivity contribution in [3.63, 3.8) is 0 Å². The van der Waals surface area contributed by atoms with E-state index in [2.05, 4.69) is 24.0 Å². The third-order valence-corrected chi connectivity index (χ3v) is 2.99. The van der Waals surface area contributed by atoms with Gasteiger partial charge >= 0.3 is 0 Å². The van der Waals surface area contributed by atoms with E-state index in [1.807, 2.05) is 12.1 Å². The molecule has 0 N–H and O–H groups in total. The summed E-state index contributed by atoms with van der Waals surface area (Å²) in [5.41, 5.74) is 2.28. The molecule has 2 fully saturated rings. The molecule has 2 aliphatic heterocycles. The number of ether oxygens (including phenoxy) is 2. The van der Waals surface area contributed by atoms with Gasteiger partial charge < -0.3 is 14.4 Å². The lowest BCUT2D eigenvalue weighted by Crippen LogP contribution is -2.32. The molecule has 3 rings (SSSR count). The van der Waals surface area contributed by atoms with Crippen LogP contribution in [0.25, 0.3) is 0 Å². The highest BCUT2D eigenvalue weighted by Gasteiger charge is 2.31. The SMILES string of the molecule is [CH2]c1ccccc1N(CC1CO1)CC1CO1. The maximum Gasteiger partial charge on any atom is 0.0984 e. The minimum absolute atomic E-state index is 0.401. The van der Waals surface area contributed by atoms with Crippen LogP contribution in [0.2, 0.25) is 0 Å². The highest BCUT2D eigenvalue weighted by molar-refractivity contribution is 5.55. The van der Waals surface area contributed by atoms with Crippen molar-refractivity contribution in [2.45, 2.75) is 12.2 Å². The minimum atomic E-state index is 0.401. The molecule has 0 amide bonds. The molecule has 3 nitrogen and oxygen atoms in total. The van der Waals surface area contributed by atoms with E-state index >= 15 is 0 Å². The summed E-state index contributed by atoms with van der Waals surface area (Å²) in [6.07, 6.45) is 0.803. The van der Waals surface area contributed by atoms with Crippen molar-refractivity contribution >= 4 is 5.69 Å². The fourth-order valence-corrected chi connectivity index (χ4v) is 1.93. The number of rotatable bonds is 5. The van der Waals surface area contributed by atoms with Crippen molar-refractivity contribution in [1.29, 1.82) is 0 Å². The molecule has 3 heteroatoms. The van der Waals surface area contributed by atoms with Crippen LogP contribution in [-0.2, 0) is 9.47 Å². The van der Waals surface area contributed by atoms with Crippen LogP contribution in [0.3, 0.4) is 0 Å². The van der Waals surface area contributed by atoms with Gasteiger partial charge in [-0.15, -0.1) is 0 Å². The van der Waals surface area contributed by atoms with Gasteiger partial charge in [0, 0.05) is 18.8 Å². The van der Waals surface area contributed by atoms with Gasteiger partial charge in [-0.1, -0.05) is 18.2 Å². The summed E-state index contributed by atoms with van der Waals surface area (Å²) in [6, 6.07) is 8.24. The van der Waals surface area contributed by atoms with E-state index in [9.17, 15) is 0 Å². The van der Waals surface area contributed by atoms with Gasteiger partial charge in [-0.05, 0) is 18.6 Å². The maximum absolute atomic E-state index is 5.30. The second-order valence-corrected chi connectivity index (χ2v) is 4.44. The fraction of sp³-hybridized carbons (Fsp3) is 0.462. The van der Waals surface area contributed by atoms with Gasteiger partial charge in [-0.25, -0.2) is 0 Å². The highest BCUT2D eigenvalue weighted by atomic mass is 16.6. The molecule has 0 bridgehead atoms. The molecule has 0 saturated carbocycles. The predicted molar refractivity (Wildman–Crippen MR) is 62.6 cm³/mol. The Balaban J connectivity index is 1.76. The monoisotopic (exact) mass is 218 g/mol. The van der Waals surface area contributed by atoms with Crippen LogP contribution < -0.4 is 4.90 Å². The molecule has 0 spiro atoms. The Morgan fingerprint density at radius 3 is 2.19 bits per heavy atom. The van der Waals surface area contributed by atoms with Gasteiger partial charge in [-0.2, -0.15) is 0 Å². The third kappa shape index (κ3) is 2.36. The minimum Gasteiger partial charge on any atom is -0.371 e. The van der Waals surface area contributed by atoms with Crippen LogP contribution in [0.4, 0.5) is 5.69 Å². The van der Waals surface area contributed by atoms with Crippen molar-refractivity contribution in [3.05, 3.63) is 36.8 Å². The molecule has 2 atom stereocenters. The summed E-state index contributed by atoms with van der Waals surface area (Å²) in [5, 5.41) is 0. The molecule has 2 heterocycles. The van der Waals surface area contributed by atoms with Crippen molar-refractivity contribution in [2.24, 2.45) is 0 Å². The zero-order chi connectivity index (χ0) is 11.0. The van der Waals surface area contributed by atoms with Crippen LogP contribution in [0.15, 0.2) is 24.3 Å². The standard InChI is InChI=1S/C13H16NO2/c1-10-4-2-3-5-13(10)14(6-11-8-15-11)7-12-9-16-12/h2-5,11-12H,1,6-9H2. The first-order chi connectivity index (χ1) is 7.83. The summed E-state index contributed by atoms with van der Waals surface area (Å²) in [6.45, 7) is 7.76. The van der Waals surface area contributed by atoms with Crippen molar-refractivity contribution in [3.8, 4) is 0 Å². The van der Waals surface area contributed by atoms with E-state index in [4.69, 9.17) is 9.47 Å².